The molecule has 2 aromatic rings. The highest BCUT2D eigenvalue weighted by Gasteiger charge is 2.25. The molecule has 1 fully saturated rings. The first-order valence-electron chi connectivity index (χ1n) is 8.50. The molecule has 1 aliphatic heterocycles. The van der Waals surface area contributed by atoms with Gasteiger partial charge in [0.05, 0.1) is 6.04 Å². The molecule has 0 spiro atoms. The molecule has 6 heteroatoms. The van der Waals surface area contributed by atoms with Gasteiger partial charge in [-0.3, -0.25) is 14.6 Å². The van der Waals surface area contributed by atoms with Crippen molar-refractivity contribution in [1.29, 1.82) is 0 Å². The summed E-state index contributed by atoms with van der Waals surface area (Å²) in [5.74, 6) is 0.151. The lowest BCUT2D eigenvalue weighted by Gasteiger charge is -2.37. The van der Waals surface area contributed by atoms with Gasteiger partial charge in [-0.25, -0.2) is 0 Å². The average molecular weight is 364 g/mol. The van der Waals surface area contributed by atoms with E-state index in [9.17, 15) is 4.79 Å². The Hall–Kier alpha value is -1.21. The smallest absolute Gasteiger partial charge is 0.237 e. The van der Waals surface area contributed by atoms with Crippen LogP contribution in [0, 0.1) is 0 Å². The predicted molar refractivity (Wildman–Crippen MR) is 102 cm³/mol. The summed E-state index contributed by atoms with van der Waals surface area (Å²) >= 11 is 3.50. The van der Waals surface area contributed by atoms with Gasteiger partial charge >= 0.3 is 0 Å². The summed E-state index contributed by atoms with van der Waals surface area (Å²) in [5, 5.41) is 9.51. The number of carbonyl (C=O) groups excluding carboxylic acids is 1. The van der Waals surface area contributed by atoms with Crippen LogP contribution < -0.4 is 5.32 Å². The van der Waals surface area contributed by atoms with E-state index >= 15 is 0 Å². The zero-order valence-electron chi connectivity index (χ0n) is 14.1. The topological polar surface area (TPSA) is 35.6 Å². The normalized spacial score (nSPS) is 17.7. The lowest BCUT2D eigenvalue weighted by molar-refractivity contribution is -0.126. The SMILES string of the molecule is C[C@@H](C(=O)NCCc1cccs1)N1CCN(Cc2ccsc2)CC1. The van der Waals surface area contributed by atoms with Crippen molar-refractivity contribution in [2.24, 2.45) is 0 Å². The van der Waals surface area contributed by atoms with Gasteiger partial charge in [-0.2, -0.15) is 11.3 Å². The maximum atomic E-state index is 12.3. The Morgan fingerprint density at radius 2 is 2.08 bits per heavy atom. The minimum Gasteiger partial charge on any atom is -0.354 e. The van der Waals surface area contributed by atoms with Gasteiger partial charge in [0.25, 0.3) is 0 Å². The fourth-order valence-electron chi connectivity index (χ4n) is 3.03. The van der Waals surface area contributed by atoms with Gasteiger partial charge in [-0.15, -0.1) is 11.3 Å². The lowest BCUT2D eigenvalue weighted by Crippen LogP contribution is -2.53. The quantitative estimate of drug-likeness (QED) is 0.821. The Morgan fingerprint density at radius 3 is 2.75 bits per heavy atom. The summed E-state index contributed by atoms with van der Waals surface area (Å²) in [6, 6.07) is 6.32. The number of piperazine rings is 1. The minimum absolute atomic E-state index is 0.0448. The molecule has 2 aromatic heterocycles. The monoisotopic (exact) mass is 363 g/mol. The lowest BCUT2D eigenvalue weighted by atomic mass is 10.2. The van der Waals surface area contributed by atoms with Gasteiger partial charge in [0, 0.05) is 44.1 Å². The molecule has 0 radical (unpaired) electrons. The second-order valence-electron chi connectivity index (χ2n) is 6.24. The van der Waals surface area contributed by atoms with Gasteiger partial charge < -0.3 is 5.32 Å². The highest BCUT2D eigenvalue weighted by molar-refractivity contribution is 7.09. The fraction of sp³-hybridized carbons (Fsp3) is 0.500. The number of hydrogen-bond donors (Lipinski definition) is 1. The average Bonchev–Trinajstić information content (AvgIpc) is 3.29. The Balaban J connectivity index is 1.37. The van der Waals surface area contributed by atoms with E-state index in [2.05, 4.69) is 49.5 Å². The Labute approximate surface area is 152 Å². The van der Waals surface area contributed by atoms with Crippen molar-refractivity contribution in [3.63, 3.8) is 0 Å². The van der Waals surface area contributed by atoms with Crippen LogP contribution in [0.3, 0.4) is 0 Å². The fourth-order valence-corrected chi connectivity index (χ4v) is 4.40. The van der Waals surface area contributed by atoms with Crippen LogP contribution in [0.15, 0.2) is 34.3 Å². The van der Waals surface area contributed by atoms with Crippen molar-refractivity contribution in [1.82, 2.24) is 15.1 Å². The second kappa shape index (κ2) is 8.76. The third-order valence-electron chi connectivity index (χ3n) is 4.57. The van der Waals surface area contributed by atoms with Crippen LogP contribution >= 0.6 is 22.7 Å². The van der Waals surface area contributed by atoms with Gasteiger partial charge in [-0.05, 0) is 47.2 Å². The van der Waals surface area contributed by atoms with Crippen molar-refractivity contribution >= 4 is 28.6 Å². The molecule has 1 saturated heterocycles. The maximum absolute atomic E-state index is 12.3. The summed E-state index contributed by atoms with van der Waals surface area (Å²) < 4.78 is 0. The Morgan fingerprint density at radius 1 is 1.25 bits per heavy atom. The van der Waals surface area contributed by atoms with Crippen molar-refractivity contribution in [2.45, 2.75) is 25.9 Å². The molecule has 0 saturated carbocycles. The van der Waals surface area contributed by atoms with Crippen LogP contribution in [0.2, 0.25) is 0 Å². The van der Waals surface area contributed by atoms with Crippen LogP contribution in [-0.4, -0.2) is 54.5 Å². The van der Waals surface area contributed by atoms with E-state index in [4.69, 9.17) is 0 Å². The van der Waals surface area contributed by atoms with Gasteiger partial charge in [0.1, 0.15) is 0 Å². The summed E-state index contributed by atoms with van der Waals surface area (Å²) in [7, 11) is 0. The molecular weight excluding hydrogens is 338 g/mol. The largest absolute Gasteiger partial charge is 0.354 e. The summed E-state index contributed by atoms with van der Waals surface area (Å²) in [4.78, 5) is 18.4. The molecule has 1 amide bonds. The number of hydrogen-bond acceptors (Lipinski definition) is 5. The van der Waals surface area contributed by atoms with Crippen LogP contribution in [0.4, 0.5) is 0 Å². The highest BCUT2D eigenvalue weighted by atomic mass is 32.1. The number of nitrogens with one attached hydrogen (secondary N) is 1. The first kappa shape index (κ1) is 17.6. The predicted octanol–water partition coefficient (Wildman–Crippen LogP) is 2.67. The standard InChI is InChI=1S/C18H25N3OS2/c1-15(18(22)19-6-4-17-3-2-11-24-17)21-9-7-20(8-10-21)13-16-5-12-23-14-16/h2-3,5,11-12,14-15H,4,6-10,13H2,1H3,(H,19,22)/t15-/m0/s1. The number of carbonyl (C=O) groups is 1. The van der Waals surface area contributed by atoms with Crippen molar-refractivity contribution in [3.05, 3.63) is 44.8 Å². The molecule has 4 nitrogen and oxygen atoms in total. The molecule has 1 atom stereocenters. The minimum atomic E-state index is -0.0448. The van der Waals surface area contributed by atoms with E-state index in [1.165, 1.54) is 10.4 Å². The highest BCUT2D eigenvalue weighted by Crippen LogP contribution is 2.13. The first-order chi connectivity index (χ1) is 11.7. The summed E-state index contributed by atoms with van der Waals surface area (Å²) in [5.41, 5.74) is 1.40. The van der Waals surface area contributed by atoms with Crippen molar-refractivity contribution in [3.8, 4) is 0 Å². The zero-order chi connectivity index (χ0) is 16.8. The molecule has 1 aliphatic rings. The van der Waals surface area contributed by atoms with E-state index in [0.717, 1.165) is 45.7 Å². The molecule has 130 valence electrons. The Bertz CT molecular complexity index is 604. The molecule has 0 aromatic carbocycles. The van der Waals surface area contributed by atoms with Crippen molar-refractivity contribution in [2.75, 3.05) is 32.7 Å². The molecule has 3 rings (SSSR count). The van der Waals surface area contributed by atoms with Crippen LogP contribution in [-0.2, 0) is 17.8 Å². The van der Waals surface area contributed by atoms with Gasteiger partial charge in [0.2, 0.25) is 5.91 Å². The van der Waals surface area contributed by atoms with E-state index < -0.39 is 0 Å². The van der Waals surface area contributed by atoms with E-state index in [1.54, 1.807) is 22.7 Å². The number of thiophene rings is 2. The molecule has 3 heterocycles. The number of rotatable bonds is 7. The second-order valence-corrected chi connectivity index (χ2v) is 8.05. The number of amides is 1. The Kier molecular flexibility index (Phi) is 6.43. The zero-order valence-corrected chi connectivity index (χ0v) is 15.7. The summed E-state index contributed by atoms with van der Waals surface area (Å²) in [6.45, 7) is 7.76. The molecule has 1 N–H and O–H groups in total. The van der Waals surface area contributed by atoms with E-state index in [1.807, 2.05) is 6.92 Å². The third kappa shape index (κ3) is 4.89. The molecular formula is C18H25N3OS2. The number of nitrogens with zero attached hydrogens (tertiary/aromatic N) is 2. The van der Waals surface area contributed by atoms with E-state index in [0.29, 0.717) is 0 Å². The molecule has 0 aliphatic carbocycles. The molecule has 24 heavy (non-hydrogen) atoms. The van der Waals surface area contributed by atoms with Crippen LogP contribution in [0.1, 0.15) is 17.4 Å². The van der Waals surface area contributed by atoms with Crippen LogP contribution in [0.5, 0.6) is 0 Å². The maximum Gasteiger partial charge on any atom is 0.237 e. The van der Waals surface area contributed by atoms with Crippen molar-refractivity contribution < 1.29 is 4.79 Å². The first-order valence-corrected chi connectivity index (χ1v) is 10.3. The van der Waals surface area contributed by atoms with E-state index in [-0.39, 0.29) is 11.9 Å². The van der Waals surface area contributed by atoms with Gasteiger partial charge in [-0.1, -0.05) is 6.07 Å². The molecule has 0 unspecified atom stereocenters. The van der Waals surface area contributed by atoms with Crippen LogP contribution in [0.25, 0.3) is 0 Å². The summed E-state index contributed by atoms with van der Waals surface area (Å²) in [6.07, 6.45) is 0.921. The molecule has 0 bridgehead atoms. The third-order valence-corrected chi connectivity index (χ3v) is 6.24. The van der Waals surface area contributed by atoms with Gasteiger partial charge in [0.15, 0.2) is 0 Å².